The summed E-state index contributed by atoms with van der Waals surface area (Å²) >= 11 is 11.9. The van der Waals surface area contributed by atoms with Gasteiger partial charge in [0.2, 0.25) is 5.91 Å². The molecule has 0 fully saturated rings. The lowest BCUT2D eigenvalue weighted by molar-refractivity contribution is -0.116. The van der Waals surface area contributed by atoms with Gasteiger partial charge in [-0.05, 0) is 36.8 Å². The minimum Gasteiger partial charge on any atom is -0.329 e. The van der Waals surface area contributed by atoms with Crippen LogP contribution < -0.4 is 5.32 Å². The Morgan fingerprint density at radius 1 is 1.25 bits per heavy atom. The highest BCUT2D eigenvalue weighted by atomic mass is 35.5. The molecule has 0 spiro atoms. The molecule has 0 unspecified atom stereocenters. The first-order valence-electron chi connectivity index (χ1n) is 7.45. The molecule has 1 aromatic carbocycles. The van der Waals surface area contributed by atoms with Gasteiger partial charge in [-0.2, -0.15) is 0 Å². The largest absolute Gasteiger partial charge is 0.329 e. The van der Waals surface area contributed by atoms with Crippen LogP contribution in [0.2, 0.25) is 10.0 Å². The lowest BCUT2D eigenvalue weighted by Crippen LogP contribution is -2.38. The minimum absolute atomic E-state index is 0.0790. The number of halogens is 2. The molecular formula is C17H17Cl2N3O2. The van der Waals surface area contributed by atoms with Crippen molar-refractivity contribution >= 4 is 40.7 Å². The molecule has 5 nitrogen and oxygen atoms in total. The second-order valence-corrected chi connectivity index (χ2v) is 5.98. The molecule has 0 atom stereocenters. The maximum atomic E-state index is 12.5. The van der Waals surface area contributed by atoms with Gasteiger partial charge in [0.25, 0.3) is 5.91 Å². The average Bonchev–Trinajstić information content (AvgIpc) is 2.58. The molecule has 24 heavy (non-hydrogen) atoms. The van der Waals surface area contributed by atoms with Crippen LogP contribution >= 0.6 is 23.2 Å². The summed E-state index contributed by atoms with van der Waals surface area (Å²) in [6, 6.07) is 8.15. The van der Waals surface area contributed by atoms with Crippen molar-refractivity contribution in [2.75, 3.05) is 18.4 Å². The van der Waals surface area contributed by atoms with E-state index in [2.05, 4.69) is 10.3 Å². The highest BCUT2D eigenvalue weighted by molar-refractivity contribution is 6.35. The summed E-state index contributed by atoms with van der Waals surface area (Å²) in [5.74, 6) is -0.581. The lowest BCUT2D eigenvalue weighted by atomic mass is 10.2. The van der Waals surface area contributed by atoms with Crippen molar-refractivity contribution in [1.82, 2.24) is 9.88 Å². The summed E-state index contributed by atoms with van der Waals surface area (Å²) in [6.45, 7) is 2.32. The molecule has 2 amide bonds. The second kappa shape index (κ2) is 8.66. The van der Waals surface area contributed by atoms with Crippen molar-refractivity contribution < 1.29 is 9.59 Å². The van der Waals surface area contributed by atoms with Crippen LogP contribution in [-0.4, -0.2) is 34.8 Å². The van der Waals surface area contributed by atoms with E-state index >= 15 is 0 Å². The van der Waals surface area contributed by atoms with E-state index in [0.717, 1.165) is 6.42 Å². The zero-order valence-corrected chi connectivity index (χ0v) is 14.6. The first kappa shape index (κ1) is 18.2. The van der Waals surface area contributed by atoms with Gasteiger partial charge in [0.15, 0.2) is 0 Å². The lowest BCUT2D eigenvalue weighted by Gasteiger charge is -2.21. The molecule has 0 radical (unpaired) electrons. The molecular weight excluding hydrogens is 349 g/mol. The van der Waals surface area contributed by atoms with Gasteiger partial charge in [-0.25, -0.2) is 0 Å². The quantitative estimate of drug-likeness (QED) is 0.844. The Hall–Kier alpha value is -2.11. The molecule has 1 N–H and O–H groups in total. The first-order chi connectivity index (χ1) is 11.5. The van der Waals surface area contributed by atoms with Gasteiger partial charge >= 0.3 is 0 Å². The van der Waals surface area contributed by atoms with Crippen LogP contribution in [0.3, 0.4) is 0 Å². The third-order valence-corrected chi connectivity index (χ3v) is 3.79. The van der Waals surface area contributed by atoms with Gasteiger partial charge in [-0.1, -0.05) is 30.1 Å². The number of pyridine rings is 1. The van der Waals surface area contributed by atoms with Crippen LogP contribution in [0.5, 0.6) is 0 Å². The maximum absolute atomic E-state index is 12.5. The van der Waals surface area contributed by atoms with E-state index in [-0.39, 0.29) is 18.4 Å². The fourth-order valence-corrected chi connectivity index (χ4v) is 2.49. The number of hydrogen-bond donors (Lipinski definition) is 1. The monoisotopic (exact) mass is 365 g/mol. The molecule has 2 aromatic rings. The summed E-state index contributed by atoms with van der Waals surface area (Å²) in [5.41, 5.74) is 0.860. The molecule has 7 heteroatoms. The average molecular weight is 366 g/mol. The number of nitrogens with one attached hydrogen (secondary N) is 1. The molecule has 0 saturated carbocycles. The molecule has 0 saturated heterocycles. The van der Waals surface area contributed by atoms with E-state index < -0.39 is 0 Å². The normalized spacial score (nSPS) is 10.3. The number of amides is 2. The third-order valence-electron chi connectivity index (χ3n) is 3.23. The van der Waals surface area contributed by atoms with Gasteiger partial charge in [0, 0.05) is 24.0 Å². The Balaban J connectivity index is 2.08. The Kier molecular flexibility index (Phi) is 6.58. The van der Waals surface area contributed by atoms with Crippen molar-refractivity contribution in [2.24, 2.45) is 0 Å². The van der Waals surface area contributed by atoms with Crippen LogP contribution in [0.1, 0.15) is 23.7 Å². The predicted molar refractivity (Wildman–Crippen MR) is 95.5 cm³/mol. The predicted octanol–water partition coefficient (Wildman–Crippen LogP) is 3.88. The van der Waals surface area contributed by atoms with Gasteiger partial charge in [-0.3, -0.25) is 14.6 Å². The Labute approximate surface area is 150 Å². The van der Waals surface area contributed by atoms with Crippen molar-refractivity contribution in [2.45, 2.75) is 13.3 Å². The summed E-state index contributed by atoms with van der Waals surface area (Å²) in [5, 5.41) is 3.53. The molecule has 1 heterocycles. The standard InChI is InChI=1S/C17H17Cl2N3O2/c1-2-8-22(17(24)12-4-3-7-20-10-12)11-16(23)21-15-9-13(18)5-6-14(15)19/h3-7,9-10H,2,8,11H2,1H3,(H,21,23). The Morgan fingerprint density at radius 2 is 2.04 bits per heavy atom. The van der Waals surface area contributed by atoms with Gasteiger partial charge in [0.05, 0.1) is 16.3 Å². The molecule has 0 aliphatic rings. The zero-order chi connectivity index (χ0) is 17.5. The molecule has 0 aliphatic carbocycles. The van der Waals surface area contributed by atoms with E-state index in [4.69, 9.17) is 23.2 Å². The van der Waals surface area contributed by atoms with Crippen LogP contribution in [0.25, 0.3) is 0 Å². The summed E-state index contributed by atoms with van der Waals surface area (Å²) in [7, 11) is 0. The fourth-order valence-electron chi connectivity index (χ4n) is 2.15. The van der Waals surface area contributed by atoms with E-state index in [0.29, 0.717) is 27.8 Å². The topological polar surface area (TPSA) is 62.3 Å². The zero-order valence-electron chi connectivity index (χ0n) is 13.1. The second-order valence-electron chi connectivity index (χ2n) is 5.14. The van der Waals surface area contributed by atoms with Crippen molar-refractivity contribution in [3.63, 3.8) is 0 Å². The number of rotatable bonds is 6. The summed E-state index contributed by atoms with van der Waals surface area (Å²) < 4.78 is 0. The number of hydrogen-bond acceptors (Lipinski definition) is 3. The summed E-state index contributed by atoms with van der Waals surface area (Å²) in [4.78, 5) is 30.2. The van der Waals surface area contributed by atoms with Crippen molar-refractivity contribution in [3.8, 4) is 0 Å². The number of nitrogens with zero attached hydrogens (tertiary/aromatic N) is 2. The van der Waals surface area contributed by atoms with Crippen molar-refractivity contribution in [1.29, 1.82) is 0 Å². The molecule has 0 bridgehead atoms. The number of benzene rings is 1. The Bertz CT molecular complexity index is 723. The molecule has 126 valence electrons. The minimum atomic E-state index is -0.343. The van der Waals surface area contributed by atoms with Crippen molar-refractivity contribution in [3.05, 3.63) is 58.3 Å². The van der Waals surface area contributed by atoms with Crippen LogP contribution in [0, 0.1) is 0 Å². The van der Waals surface area contributed by atoms with Gasteiger partial charge in [-0.15, -0.1) is 0 Å². The van der Waals surface area contributed by atoms with Crippen LogP contribution in [0.4, 0.5) is 5.69 Å². The summed E-state index contributed by atoms with van der Waals surface area (Å²) in [6.07, 6.45) is 3.81. The van der Waals surface area contributed by atoms with Crippen LogP contribution in [-0.2, 0) is 4.79 Å². The van der Waals surface area contributed by atoms with E-state index in [1.54, 1.807) is 36.5 Å². The molecule has 2 rings (SSSR count). The van der Waals surface area contributed by atoms with E-state index in [1.807, 2.05) is 6.92 Å². The molecule has 1 aromatic heterocycles. The first-order valence-corrected chi connectivity index (χ1v) is 8.21. The number of aromatic nitrogens is 1. The Morgan fingerprint density at radius 3 is 2.71 bits per heavy atom. The number of carbonyl (C=O) groups is 2. The van der Waals surface area contributed by atoms with Crippen LogP contribution in [0.15, 0.2) is 42.7 Å². The number of carbonyl (C=O) groups excluding carboxylic acids is 2. The molecule has 0 aliphatic heterocycles. The number of anilines is 1. The smallest absolute Gasteiger partial charge is 0.255 e. The maximum Gasteiger partial charge on any atom is 0.255 e. The highest BCUT2D eigenvalue weighted by Gasteiger charge is 2.19. The third kappa shape index (κ3) is 4.94. The highest BCUT2D eigenvalue weighted by Crippen LogP contribution is 2.25. The van der Waals surface area contributed by atoms with E-state index in [9.17, 15) is 9.59 Å². The SMILES string of the molecule is CCCN(CC(=O)Nc1cc(Cl)ccc1Cl)C(=O)c1cccnc1. The fraction of sp³-hybridized carbons (Fsp3) is 0.235. The van der Waals surface area contributed by atoms with E-state index in [1.165, 1.54) is 11.1 Å². The van der Waals surface area contributed by atoms with Gasteiger partial charge < -0.3 is 10.2 Å². The van der Waals surface area contributed by atoms with Gasteiger partial charge in [0.1, 0.15) is 6.54 Å².